The molecule has 3 rings (SSSR count). The molecule has 1 heterocycles. The van der Waals surface area contributed by atoms with Crippen LogP contribution >= 0.6 is 0 Å². The summed E-state index contributed by atoms with van der Waals surface area (Å²) >= 11 is 0. The molecule has 4 amide bonds. The van der Waals surface area contributed by atoms with Crippen LogP contribution in [0.25, 0.3) is 0 Å². The first-order chi connectivity index (χ1) is 14.3. The molecule has 8 nitrogen and oxygen atoms in total. The van der Waals surface area contributed by atoms with Crippen molar-refractivity contribution in [3.8, 4) is 11.5 Å². The maximum absolute atomic E-state index is 13.1. The van der Waals surface area contributed by atoms with Gasteiger partial charge in [-0.05, 0) is 50.2 Å². The zero-order valence-corrected chi connectivity index (χ0v) is 17.4. The average Bonchev–Trinajstić information content (AvgIpc) is 2.98. The minimum absolute atomic E-state index is 0.144. The van der Waals surface area contributed by atoms with E-state index in [1.54, 1.807) is 55.6 Å². The fourth-order valence-electron chi connectivity index (χ4n) is 3.43. The van der Waals surface area contributed by atoms with Gasteiger partial charge in [0.2, 0.25) is 5.91 Å². The summed E-state index contributed by atoms with van der Waals surface area (Å²) < 4.78 is 10.3. The van der Waals surface area contributed by atoms with Crippen molar-refractivity contribution in [2.45, 2.75) is 32.4 Å². The van der Waals surface area contributed by atoms with E-state index in [4.69, 9.17) is 9.47 Å². The van der Waals surface area contributed by atoms with Crippen LogP contribution in [0.15, 0.2) is 48.5 Å². The summed E-state index contributed by atoms with van der Waals surface area (Å²) in [6.45, 7) is 3.63. The summed E-state index contributed by atoms with van der Waals surface area (Å²) in [5.74, 6) is 0.408. The molecule has 0 radical (unpaired) electrons. The fraction of sp³-hybridized carbons (Fsp3) is 0.318. The number of hydrogen-bond donors (Lipinski definition) is 1. The molecule has 1 fully saturated rings. The number of hydrogen-bond acceptors (Lipinski definition) is 5. The predicted molar refractivity (Wildman–Crippen MR) is 113 cm³/mol. The summed E-state index contributed by atoms with van der Waals surface area (Å²) in [6, 6.07) is 12.0. The van der Waals surface area contributed by atoms with E-state index in [0.717, 1.165) is 4.90 Å². The van der Waals surface area contributed by atoms with Crippen molar-refractivity contribution in [1.29, 1.82) is 0 Å². The second-order valence-electron chi connectivity index (χ2n) is 7.16. The van der Waals surface area contributed by atoms with E-state index in [2.05, 4.69) is 5.32 Å². The molecule has 0 aromatic heterocycles. The minimum atomic E-state index is -0.887. The van der Waals surface area contributed by atoms with Gasteiger partial charge in [-0.25, -0.2) is 9.69 Å². The van der Waals surface area contributed by atoms with Crippen LogP contribution in [-0.4, -0.2) is 49.0 Å². The van der Waals surface area contributed by atoms with E-state index in [9.17, 15) is 14.4 Å². The lowest BCUT2D eigenvalue weighted by Crippen LogP contribution is -2.42. The Morgan fingerprint density at radius 2 is 1.70 bits per heavy atom. The second-order valence-corrected chi connectivity index (χ2v) is 7.16. The third kappa shape index (κ3) is 4.22. The van der Waals surface area contributed by atoms with Gasteiger partial charge in [-0.2, -0.15) is 0 Å². The van der Waals surface area contributed by atoms with E-state index < -0.39 is 18.0 Å². The molecule has 158 valence electrons. The van der Waals surface area contributed by atoms with Gasteiger partial charge in [-0.3, -0.25) is 9.59 Å². The molecule has 2 aromatic rings. The van der Waals surface area contributed by atoms with Crippen molar-refractivity contribution >= 4 is 29.2 Å². The number of methoxy groups -OCH3 is 2. The molecule has 0 saturated carbocycles. The van der Waals surface area contributed by atoms with Crippen LogP contribution in [0.1, 0.15) is 20.3 Å². The number of anilines is 2. The molecule has 1 N–H and O–H groups in total. The normalized spacial score (nSPS) is 16.2. The van der Waals surface area contributed by atoms with Crippen molar-refractivity contribution in [1.82, 2.24) is 4.90 Å². The fourth-order valence-corrected chi connectivity index (χ4v) is 3.43. The molecule has 30 heavy (non-hydrogen) atoms. The zero-order chi connectivity index (χ0) is 21.8. The number of benzene rings is 2. The Morgan fingerprint density at radius 3 is 2.30 bits per heavy atom. The molecular weight excluding hydrogens is 386 g/mol. The Balaban J connectivity index is 1.80. The molecule has 1 saturated heterocycles. The molecule has 0 aliphatic carbocycles. The van der Waals surface area contributed by atoms with E-state index in [-0.39, 0.29) is 18.4 Å². The van der Waals surface area contributed by atoms with Crippen LogP contribution in [0.4, 0.5) is 16.2 Å². The lowest BCUT2D eigenvalue weighted by Gasteiger charge is -2.25. The quantitative estimate of drug-likeness (QED) is 0.707. The lowest BCUT2D eigenvalue weighted by molar-refractivity contribution is -0.124. The maximum atomic E-state index is 13.1. The minimum Gasteiger partial charge on any atom is -0.497 e. The van der Waals surface area contributed by atoms with Gasteiger partial charge in [-0.15, -0.1) is 0 Å². The van der Waals surface area contributed by atoms with Crippen molar-refractivity contribution in [3.05, 3.63) is 48.5 Å². The van der Waals surface area contributed by atoms with Crippen LogP contribution in [0.5, 0.6) is 11.5 Å². The Labute approximate surface area is 175 Å². The average molecular weight is 411 g/mol. The first-order valence-corrected chi connectivity index (χ1v) is 9.60. The van der Waals surface area contributed by atoms with Gasteiger partial charge in [-0.1, -0.05) is 6.07 Å². The molecule has 0 unspecified atom stereocenters. The van der Waals surface area contributed by atoms with E-state index >= 15 is 0 Å². The van der Waals surface area contributed by atoms with Gasteiger partial charge < -0.3 is 19.7 Å². The van der Waals surface area contributed by atoms with Crippen LogP contribution in [-0.2, 0) is 9.59 Å². The van der Waals surface area contributed by atoms with E-state index in [1.807, 2.05) is 13.8 Å². The van der Waals surface area contributed by atoms with Crippen molar-refractivity contribution in [3.63, 3.8) is 0 Å². The highest BCUT2D eigenvalue weighted by molar-refractivity contribution is 6.22. The van der Waals surface area contributed by atoms with Crippen molar-refractivity contribution in [2.75, 3.05) is 24.4 Å². The lowest BCUT2D eigenvalue weighted by atomic mass is 10.1. The molecule has 8 heteroatoms. The monoisotopic (exact) mass is 411 g/mol. The highest BCUT2D eigenvalue weighted by Crippen LogP contribution is 2.30. The van der Waals surface area contributed by atoms with Crippen LogP contribution in [0, 0.1) is 0 Å². The molecular formula is C22H25N3O5. The molecule has 1 aliphatic rings. The van der Waals surface area contributed by atoms with Gasteiger partial charge in [0.05, 0.1) is 26.3 Å². The van der Waals surface area contributed by atoms with Gasteiger partial charge >= 0.3 is 6.03 Å². The summed E-state index contributed by atoms with van der Waals surface area (Å²) in [4.78, 5) is 41.3. The summed E-state index contributed by atoms with van der Waals surface area (Å²) in [5.41, 5.74) is 0.992. The standard InChI is InChI=1S/C22H25N3O5/c1-14(2)24-19(13-20(26)23-15-8-10-17(29-3)11-9-15)21(27)25(22(24)28)16-6-5-7-18(12-16)30-4/h5-12,14,19H,13H2,1-4H3,(H,23,26)/t19-/m1/s1. The van der Waals surface area contributed by atoms with Crippen LogP contribution in [0.3, 0.4) is 0 Å². The van der Waals surface area contributed by atoms with Gasteiger partial charge in [0, 0.05) is 17.8 Å². The molecule has 1 aliphatic heterocycles. The van der Waals surface area contributed by atoms with Crippen LogP contribution in [0.2, 0.25) is 0 Å². The molecule has 0 spiro atoms. The Morgan fingerprint density at radius 1 is 1.03 bits per heavy atom. The zero-order valence-electron chi connectivity index (χ0n) is 17.4. The number of rotatable bonds is 7. The number of carbonyl (C=O) groups excluding carboxylic acids is 3. The van der Waals surface area contributed by atoms with E-state index in [1.165, 1.54) is 12.0 Å². The summed E-state index contributed by atoms with van der Waals surface area (Å²) in [6.07, 6.45) is -0.144. The van der Waals surface area contributed by atoms with Gasteiger partial charge in [0.1, 0.15) is 17.5 Å². The maximum Gasteiger partial charge on any atom is 0.332 e. The third-order valence-corrected chi connectivity index (χ3v) is 4.87. The number of nitrogens with zero attached hydrogens (tertiary/aromatic N) is 2. The summed E-state index contributed by atoms with van der Waals surface area (Å²) in [7, 11) is 3.07. The van der Waals surface area contributed by atoms with Crippen LogP contribution < -0.4 is 19.7 Å². The molecule has 0 bridgehead atoms. The second kappa shape index (κ2) is 8.86. The predicted octanol–water partition coefficient (Wildman–Crippen LogP) is 3.28. The van der Waals surface area contributed by atoms with Gasteiger partial charge in [0.15, 0.2) is 0 Å². The topological polar surface area (TPSA) is 88.2 Å². The smallest absolute Gasteiger partial charge is 0.332 e. The third-order valence-electron chi connectivity index (χ3n) is 4.87. The Bertz CT molecular complexity index is 942. The first-order valence-electron chi connectivity index (χ1n) is 9.60. The first kappa shape index (κ1) is 21.2. The number of amides is 4. The van der Waals surface area contributed by atoms with Gasteiger partial charge in [0.25, 0.3) is 5.91 Å². The number of nitrogens with one attached hydrogen (secondary N) is 1. The van der Waals surface area contributed by atoms with Crippen molar-refractivity contribution in [2.24, 2.45) is 0 Å². The highest BCUT2D eigenvalue weighted by atomic mass is 16.5. The Hall–Kier alpha value is -3.55. The van der Waals surface area contributed by atoms with Crippen molar-refractivity contribution < 1.29 is 23.9 Å². The number of imide groups is 1. The van der Waals surface area contributed by atoms with E-state index in [0.29, 0.717) is 22.9 Å². The number of carbonyl (C=O) groups is 3. The molecule has 2 aromatic carbocycles. The SMILES string of the molecule is COc1ccc(NC(=O)C[C@@H]2C(=O)N(c3cccc(OC)c3)C(=O)N2C(C)C)cc1. The molecule has 1 atom stereocenters. The largest absolute Gasteiger partial charge is 0.497 e. The number of ether oxygens (including phenoxy) is 2. The highest BCUT2D eigenvalue weighted by Gasteiger charge is 2.47. The Kier molecular flexibility index (Phi) is 6.25. The summed E-state index contributed by atoms with van der Waals surface area (Å²) in [5, 5.41) is 2.76. The number of urea groups is 1.